The van der Waals surface area contributed by atoms with Crippen molar-refractivity contribution in [3.8, 4) is 0 Å². The number of hydrogen-bond acceptors (Lipinski definition) is 6. The highest BCUT2D eigenvalue weighted by molar-refractivity contribution is 7.92. The molecule has 0 aliphatic rings. The number of rotatable bonds is 6. The largest absolute Gasteiger partial charge is 0.469 e. The summed E-state index contributed by atoms with van der Waals surface area (Å²) in [4.78, 5) is 34.0. The lowest BCUT2D eigenvalue weighted by Gasteiger charge is -2.15. The summed E-state index contributed by atoms with van der Waals surface area (Å²) in [6.45, 7) is 4.51. The number of carbonyl (C=O) groups is 3. The van der Waals surface area contributed by atoms with E-state index < -0.39 is 44.7 Å². The molecule has 0 heterocycles. The van der Waals surface area contributed by atoms with E-state index in [2.05, 4.69) is 10.1 Å². The van der Waals surface area contributed by atoms with Gasteiger partial charge in [-0.05, 0) is 13.8 Å². The molecule has 0 aromatic rings. The van der Waals surface area contributed by atoms with Crippen molar-refractivity contribution in [3.63, 3.8) is 0 Å². The van der Waals surface area contributed by atoms with Crippen LogP contribution in [0, 0.1) is 5.92 Å². The highest BCUT2D eigenvalue weighted by Crippen LogP contribution is 2.09. The van der Waals surface area contributed by atoms with Crippen LogP contribution in [-0.4, -0.2) is 51.0 Å². The van der Waals surface area contributed by atoms with Crippen molar-refractivity contribution in [2.24, 2.45) is 5.92 Å². The first kappa shape index (κ1) is 18.4. The van der Waals surface area contributed by atoms with Crippen LogP contribution in [0.25, 0.3) is 0 Å². The second-order valence-corrected chi connectivity index (χ2v) is 6.61. The molecule has 0 rings (SSSR count). The van der Waals surface area contributed by atoms with Gasteiger partial charge in [0.15, 0.2) is 9.84 Å². The van der Waals surface area contributed by atoms with Crippen LogP contribution in [0.5, 0.6) is 0 Å². The molecular weight excluding hydrogens is 288 g/mol. The van der Waals surface area contributed by atoms with Crippen LogP contribution in [0.15, 0.2) is 0 Å². The minimum Gasteiger partial charge on any atom is -0.469 e. The molecule has 20 heavy (non-hydrogen) atoms. The summed E-state index contributed by atoms with van der Waals surface area (Å²) in [6, 6.07) is -0.763. The predicted octanol–water partition coefficient (Wildman–Crippen LogP) is -0.555. The van der Waals surface area contributed by atoms with Gasteiger partial charge in [-0.2, -0.15) is 0 Å². The van der Waals surface area contributed by atoms with Crippen LogP contribution < -0.4 is 10.6 Å². The normalized spacial score (nSPS) is 14.0. The van der Waals surface area contributed by atoms with E-state index in [9.17, 15) is 22.8 Å². The molecule has 0 bridgehead atoms. The Morgan fingerprint density at radius 3 is 2.20 bits per heavy atom. The quantitative estimate of drug-likeness (QED) is 0.635. The van der Waals surface area contributed by atoms with Gasteiger partial charge in [0.05, 0.1) is 18.8 Å². The smallest absolute Gasteiger partial charge is 0.321 e. The zero-order valence-corrected chi connectivity index (χ0v) is 12.7. The van der Waals surface area contributed by atoms with Gasteiger partial charge in [-0.3, -0.25) is 14.9 Å². The number of ether oxygens (including phenoxy) is 1. The number of esters is 1. The summed E-state index contributed by atoms with van der Waals surface area (Å²) in [7, 11) is -2.72. The number of amides is 3. The number of imide groups is 1. The molecule has 2 unspecified atom stereocenters. The first-order valence-electron chi connectivity index (χ1n) is 6.03. The first-order chi connectivity index (χ1) is 9.15. The first-order valence-corrected chi connectivity index (χ1v) is 7.75. The maximum absolute atomic E-state index is 11.9. The zero-order valence-electron chi connectivity index (χ0n) is 11.9. The molecule has 2 N–H and O–H groups in total. The highest BCUT2D eigenvalue weighted by Gasteiger charge is 2.32. The minimum atomic E-state index is -3.87. The number of urea groups is 1. The van der Waals surface area contributed by atoms with Crippen LogP contribution in [0.4, 0.5) is 4.79 Å². The van der Waals surface area contributed by atoms with Gasteiger partial charge in [-0.15, -0.1) is 0 Å². The van der Waals surface area contributed by atoms with E-state index >= 15 is 0 Å². The van der Waals surface area contributed by atoms with Gasteiger partial charge in [-0.25, -0.2) is 13.2 Å². The number of carbonyl (C=O) groups excluding carboxylic acids is 3. The molecule has 0 aromatic carbocycles. The Kier molecular flexibility index (Phi) is 7.19. The molecule has 9 heteroatoms. The Morgan fingerprint density at radius 2 is 1.75 bits per heavy atom. The Bertz CT molecular complexity index is 473. The highest BCUT2D eigenvalue weighted by atomic mass is 32.2. The van der Waals surface area contributed by atoms with E-state index in [1.54, 1.807) is 6.92 Å². The second-order valence-electron chi connectivity index (χ2n) is 4.24. The summed E-state index contributed by atoms with van der Waals surface area (Å²) in [5.41, 5.74) is 0. The predicted molar refractivity (Wildman–Crippen MR) is 71.6 cm³/mol. The molecule has 116 valence electrons. The molecule has 3 amide bonds. The second kappa shape index (κ2) is 7.83. The SMILES string of the molecule is CCNC(=O)NC(=O)C(C)S(=O)(=O)CC(C)C(=O)OC. The van der Waals surface area contributed by atoms with E-state index in [1.807, 2.05) is 5.32 Å². The number of hydrogen-bond donors (Lipinski definition) is 2. The van der Waals surface area contributed by atoms with Crippen LogP contribution in [0.1, 0.15) is 20.8 Å². The Morgan fingerprint density at radius 1 is 1.20 bits per heavy atom. The third-order valence-corrected chi connectivity index (χ3v) is 4.82. The molecule has 2 atom stereocenters. The minimum absolute atomic E-state index is 0.305. The number of nitrogens with one attached hydrogen (secondary N) is 2. The van der Waals surface area contributed by atoms with Crippen LogP contribution >= 0.6 is 0 Å². The lowest BCUT2D eigenvalue weighted by atomic mass is 10.2. The third kappa shape index (κ3) is 5.55. The molecule has 0 aromatic heterocycles. The van der Waals surface area contributed by atoms with E-state index in [0.717, 1.165) is 14.0 Å². The molecule has 0 aliphatic heterocycles. The Balaban J connectivity index is 4.73. The standard InChI is InChI=1S/C11H20N2O6S/c1-5-12-11(16)13-9(14)8(3)20(17,18)6-7(2)10(15)19-4/h7-8H,5-6H2,1-4H3,(H2,12,13,14,16). The molecule has 0 radical (unpaired) electrons. The van der Waals surface area contributed by atoms with E-state index in [0.29, 0.717) is 6.54 Å². The molecule has 0 fully saturated rings. The van der Waals surface area contributed by atoms with Gasteiger partial charge >= 0.3 is 12.0 Å². The van der Waals surface area contributed by atoms with Gasteiger partial charge in [0, 0.05) is 6.54 Å². The molecule has 0 saturated carbocycles. The van der Waals surface area contributed by atoms with E-state index in [-0.39, 0.29) is 0 Å². The van der Waals surface area contributed by atoms with Gasteiger partial charge in [0.1, 0.15) is 5.25 Å². The average Bonchev–Trinajstić information content (AvgIpc) is 2.36. The lowest BCUT2D eigenvalue weighted by Crippen LogP contribution is -2.46. The van der Waals surface area contributed by atoms with Crippen LogP contribution in [-0.2, 0) is 24.2 Å². The van der Waals surface area contributed by atoms with Crippen molar-refractivity contribution in [2.75, 3.05) is 19.4 Å². The van der Waals surface area contributed by atoms with E-state index in [4.69, 9.17) is 0 Å². The number of methoxy groups -OCH3 is 1. The summed E-state index contributed by atoms with van der Waals surface area (Å²) in [5, 5.41) is 2.80. The van der Waals surface area contributed by atoms with Crippen LogP contribution in [0.3, 0.4) is 0 Å². The monoisotopic (exact) mass is 308 g/mol. The van der Waals surface area contributed by atoms with Crippen molar-refractivity contribution in [2.45, 2.75) is 26.0 Å². The fraction of sp³-hybridized carbons (Fsp3) is 0.727. The number of sulfone groups is 1. The molecule has 0 saturated heterocycles. The van der Waals surface area contributed by atoms with Crippen molar-refractivity contribution in [1.82, 2.24) is 10.6 Å². The lowest BCUT2D eigenvalue weighted by molar-refractivity contribution is -0.144. The van der Waals surface area contributed by atoms with Crippen molar-refractivity contribution >= 4 is 27.7 Å². The van der Waals surface area contributed by atoms with Crippen molar-refractivity contribution in [1.29, 1.82) is 0 Å². The topological polar surface area (TPSA) is 119 Å². The Labute approximate surface area is 118 Å². The van der Waals surface area contributed by atoms with Gasteiger partial charge < -0.3 is 10.1 Å². The van der Waals surface area contributed by atoms with Gasteiger partial charge in [0.2, 0.25) is 5.91 Å². The molecular formula is C11H20N2O6S. The van der Waals surface area contributed by atoms with Gasteiger partial charge in [0.25, 0.3) is 0 Å². The Hall–Kier alpha value is -1.64. The van der Waals surface area contributed by atoms with Crippen LogP contribution in [0.2, 0.25) is 0 Å². The summed E-state index contributed by atoms with van der Waals surface area (Å²) in [5.74, 6) is -3.02. The van der Waals surface area contributed by atoms with Gasteiger partial charge in [-0.1, -0.05) is 6.92 Å². The molecule has 0 spiro atoms. The average molecular weight is 308 g/mol. The van der Waals surface area contributed by atoms with E-state index in [1.165, 1.54) is 6.92 Å². The summed E-state index contributed by atoms with van der Waals surface area (Å²) in [6.07, 6.45) is 0. The molecule has 8 nitrogen and oxygen atoms in total. The molecule has 0 aliphatic carbocycles. The third-order valence-electron chi connectivity index (χ3n) is 2.57. The van der Waals surface area contributed by atoms with Crippen molar-refractivity contribution in [3.05, 3.63) is 0 Å². The maximum atomic E-state index is 11.9. The van der Waals surface area contributed by atoms with Crippen molar-refractivity contribution < 1.29 is 27.5 Å². The summed E-state index contributed by atoms with van der Waals surface area (Å²) < 4.78 is 28.3. The fourth-order valence-electron chi connectivity index (χ4n) is 1.34. The maximum Gasteiger partial charge on any atom is 0.321 e. The summed E-state index contributed by atoms with van der Waals surface area (Å²) >= 11 is 0. The zero-order chi connectivity index (χ0) is 15.9. The fourth-order valence-corrected chi connectivity index (χ4v) is 2.85.